The fourth-order valence-corrected chi connectivity index (χ4v) is 19.8. The molecule has 714 valence electrons. The Morgan fingerprint density at radius 1 is 0.237 bits per heavy atom. The molecule has 0 saturated heterocycles. The molecule has 0 unspecified atom stereocenters. The third kappa shape index (κ3) is 18.9. The average Bonchev–Trinajstić information content (AvgIpc) is 1.66. The van der Waals surface area contributed by atoms with E-state index in [1.165, 1.54) is 69.7 Å². The van der Waals surface area contributed by atoms with Crippen molar-refractivity contribution < 1.29 is 55.9 Å². The third-order valence-electron chi connectivity index (χ3n) is 28.0. The molecule has 0 atom stereocenters. The lowest BCUT2D eigenvalue weighted by Gasteiger charge is -2.13. The molecule has 139 heavy (non-hydrogen) atoms. The van der Waals surface area contributed by atoms with E-state index in [1.54, 1.807) is 26.1 Å². The van der Waals surface area contributed by atoms with Crippen LogP contribution in [0.3, 0.4) is 0 Å². The molecule has 0 aliphatic carbocycles. The number of pyridine rings is 10. The van der Waals surface area contributed by atoms with Crippen molar-refractivity contribution in [2.24, 2.45) is 35.2 Å². The molecule has 0 bridgehead atoms. The van der Waals surface area contributed by atoms with E-state index >= 15 is 0 Å². The average molecular weight is 1860 g/mol. The van der Waals surface area contributed by atoms with Gasteiger partial charge in [-0.3, -0.25) is 0 Å². The smallest absolute Gasteiger partial charge is 0.227 e. The molecule has 15 heteroatoms. The van der Waals surface area contributed by atoms with Crippen LogP contribution in [-0.4, -0.2) is 24.9 Å². The highest BCUT2D eigenvalue weighted by molar-refractivity contribution is 6.13. The van der Waals surface area contributed by atoms with Gasteiger partial charge in [-0.2, -0.15) is 0 Å². The summed E-state index contributed by atoms with van der Waals surface area (Å²) in [4.78, 5) is 23.6. The minimum atomic E-state index is -1.70. The Labute approximate surface area is 832 Å². The van der Waals surface area contributed by atoms with E-state index in [1.807, 2.05) is 69.0 Å². The Morgan fingerprint density at radius 2 is 0.460 bits per heavy atom. The summed E-state index contributed by atoms with van der Waals surface area (Å²) < 4.78 is 109. The number of fused-ring (bicyclic) bond motifs is 15. The van der Waals surface area contributed by atoms with Gasteiger partial charge in [0.25, 0.3) is 0 Å². The minimum absolute atomic E-state index is 0.229. The molecule has 0 fully saturated rings. The maximum absolute atomic E-state index is 8.43. The number of aryl methyl sites for hydroxylation is 21. The lowest BCUT2D eigenvalue weighted by Crippen LogP contribution is -2.32. The molecule has 0 N–H and O–H groups in total. The first-order valence-corrected chi connectivity index (χ1v) is 49.8. The van der Waals surface area contributed by atoms with Gasteiger partial charge < -0.3 is 22.1 Å². The van der Waals surface area contributed by atoms with Gasteiger partial charge >= 0.3 is 0 Å². The maximum atomic E-state index is 8.43. The lowest BCUT2D eigenvalue weighted by molar-refractivity contribution is -0.661. The summed E-state index contributed by atoms with van der Waals surface area (Å²) in [5.41, 5.74) is 38.3. The van der Waals surface area contributed by atoms with Gasteiger partial charge in [0.1, 0.15) is 35.2 Å². The van der Waals surface area contributed by atoms with E-state index in [0.717, 1.165) is 234 Å². The number of benzene rings is 5. The molecule has 0 amide bonds. The fourth-order valence-electron chi connectivity index (χ4n) is 19.8. The van der Waals surface area contributed by atoms with Gasteiger partial charge in [-0.25, -0.2) is 47.8 Å². The molecule has 15 aromatic heterocycles. The number of aromatic nitrogens is 10. The molecule has 0 aliphatic heterocycles. The second-order valence-corrected chi connectivity index (χ2v) is 38.4. The first kappa shape index (κ1) is 88.3. The standard InChI is InChI=1S/C26H31N2O.2C25H29N2O.2C24H27N2O/c1-8-18-13-23(28(7)14-21(18)15(2)3)24-17(6)9-10-19-20-11-12-22(16(4)5)27-26(20)29-25(19)24;1-7-17-13-22(27(6)14-21(17)15(3)4)23-16(5)9-11-19-20-12-10-18(8-2)26-25(20)28-24(19)23;1-7-17-13-22(27(6)14-18(17)8-2)23-16(5)9-10-19-20-11-12-21(15(3)4)26-25(20)28-24(19)23;2*1-6-16-13-21(26(5)14-17(16)7-2)22-15(4)9-11-19-20-12-10-18(8-3)25-24(20)27-23(19)22/h9-16H,8H2,1-7H3;2*9-15H,7-8H2,1-6H3;2*9-14H,6-8H2,1-5H3/q5*+1/i8D2;7D2;;6D2,7D2;. The van der Waals surface area contributed by atoms with Crippen molar-refractivity contribution in [1.29, 1.82) is 0 Å². The molecule has 15 heterocycles. The second-order valence-electron chi connectivity index (χ2n) is 38.4. The molecular weight excluding hydrogens is 1710 g/mol. The van der Waals surface area contributed by atoms with E-state index in [9.17, 15) is 0 Å². The van der Waals surface area contributed by atoms with Crippen LogP contribution in [0.5, 0.6) is 0 Å². The van der Waals surface area contributed by atoms with Gasteiger partial charge in [0.15, 0.2) is 58.9 Å². The van der Waals surface area contributed by atoms with Crippen LogP contribution in [0.25, 0.3) is 167 Å². The van der Waals surface area contributed by atoms with Crippen molar-refractivity contribution in [3.05, 3.63) is 295 Å². The molecule has 5 aromatic carbocycles. The highest BCUT2D eigenvalue weighted by Crippen LogP contribution is 2.45. The molecule has 20 aromatic rings. The highest BCUT2D eigenvalue weighted by atomic mass is 16.4. The molecule has 0 spiro atoms. The van der Waals surface area contributed by atoms with Gasteiger partial charge in [0.2, 0.25) is 57.0 Å². The van der Waals surface area contributed by atoms with Crippen LogP contribution in [0, 0.1) is 34.6 Å². The summed E-state index contributed by atoms with van der Waals surface area (Å²) in [6.07, 6.45) is 10.9. The number of furan rings is 5. The van der Waals surface area contributed by atoms with E-state index in [4.69, 9.17) is 48.0 Å². The topological polar surface area (TPSA) is 150 Å². The van der Waals surface area contributed by atoms with Crippen LogP contribution >= 0.6 is 0 Å². The van der Waals surface area contributed by atoms with Crippen molar-refractivity contribution in [2.45, 2.75) is 260 Å². The molecule has 20 rings (SSSR count). The van der Waals surface area contributed by atoms with Crippen molar-refractivity contribution in [1.82, 2.24) is 24.9 Å². The van der Waals surface area contributed by atoms with Crippen LogP contribution < -0.4 is 22.8 Å². The van der Waals surface area contributed by atoms with Crippen LogP contribution in [0.1, 0.15) is 278 Å². The molecule has 0 radical (unpaired) electrons. The third-order valence-corrected chi connectivity index (χ3v) is 28.0. The summed E-state index contributed by atoms with van der Waals surface area (Å²) in [5.74, 6) is 1.17. The van der Waals surface area contributed by atoms with Crippen LogP contribution in [0.15, 0.2) is 205 Å². The van der Waals surface area contributed by atoms with E-state index in [2.05, 4.69) is 308 Å². The molecular formula is C124H143N10O5+5. The van der Waals surface area contributed by atoms with E-state index in [0.29, 0.717) is 45.7 Å². The Morgan fingerprint density at radius 3 is 0.698 bits per heavy atom. The zero-order valence-corrected chi connectivity index (χ0v) is 87.1. The zero-order chi connectivity index (χ0) is 106. The summed E-state index contributed by atoms with van der Waals surface area (Å²) in [7, 11) is 10.1. The SMILES string of the molecule is CCc1cc(-c2c(C)ccc3c2oc2nc(C(C)C)ccc23)[n+](C)cc1CC.CCc1ccc2c(n1)oc1c(-c3cc(CC)c(CC)c[n+]3C)c(C)ccc12.[2H]C([2H])(C)c1cc(-c2c(C)ccc3c2oc2nc(C(C)C)ccc23)[n+](C)cc1C(C)C.[2H]C([2H])(C)c1cc(-c2c(C)ccc3c2oc2nc(CC)ccc23)[n+](C)cc1C(C)C.[2H]C([2H])(C)c1cc(-c2c(C)ccc3c2oc2nc(CC)ccc23)[n+](C)cc1C([2H])([2H])C. The number of hydrogen-bond acceptors (Lipinski definition) is 10. The number of rotatable bonds is 20. The molecule has 0 aliphatic rings. The van der Waals surface area contributed by atoms with Crippen molar-refractivity contribution in [2.75, 3.05) is 0 Å². The Hall–Kier alpha value is -13.4. The van der Waals surface area contributed by atoms with E-state index in [-0.39, 0.29) is 11.8 Å². The van der Waals surface area contributed by atoms with Gasteiger partial charge in [-0.15, -0.1) is 0 Å². The maximum Gasteiger partial charge on any atom is 0.227 e. The largest absolute Gasteiger partial charge is 0.437 e. The highest BCUT2D eigenvalue weighted by Gasteiger charge is 2.31. The van der Waals surface area contributed by atoms with Gasteiger partial charge in [0, 0.05) is 151 Å². The second kappa shape index (κ2) is 41.3. The predicted molar refractivity (Wildman–Crippen MR) is 574 cm³/mol. The first-order chi connectivity index (χ1) is 69.5. The predicted octanol–water partition coefficient (Wildman–Crippen LogP) is 29.6. The van der Waals surface area contributed by atoms with Crippen LogP contribution in [0.2, 0.25) is 0 Å². The Bertz CT molecular complexity index is 8500. The van der Waals surface area contributed by atoms with Gasteiger partial charge in [0.05, 0.1) is 27.8 Å². The lowest BCUT2D eigenvalue weighted by atomic mass is 9.94. The van der Waals surface area contributed by atoms with Crippen molar-refractivity contribution in [3.63, 3.8) is 0 Å². The summed E-state index contributed by atoms with van der Waals surface area (Å²) in [6, 6.07) is 52.5. The van der Waals surface area contributed by atoms with Crippen LogP contribution in [-0.2, 0) is 106 Å². The zero-order valence-electron chi connectivity index (χ0n) is 95.1. The van der Waals surface area contributed by atoms with Crippen molar-refractivity contribution >= 4 is 110 Å². The summed E-state index contributed by atoms with van der Waals surface area (Å²) in [6.45, 7) is 48.8. The summed E-state index contributed by atoms with van der Waals surface area (Å²) in [5, 5.41) is 10.4. The van der Waals surface area contributed by atoms with Crippen LogP contribution in [0.4, 0.5) is 0 Å². The Balaban J connectivity index is 0.000000131. The summed E-state index contributed by atoms with van der Waals surface area (Å²) >= 11 is 0. The van der Waals surface area contributed by atoms with Crippen molar-refractivity contribution in [3.8, 4) is 56.3 Å². The van der Waals surface area contributed by atoms with E-state index < -0.39 is 25.5 Å². The van der Waals surface area contributed by atoms with Gasteiger partial charge in [-0.05, 0) is 245 Å². The fraction of sp³-hybridized carbons (Fsp3) is 0.355. The number of hydrogen-bond donors (Lipinski definition) is 0. The normalized spacial score (nSPS) is 13.0. The quantitative estimate of drug-likeness (QED) is 0.0675. The number of nitrogens with zero attached hydrogens (tertiary/aromatic N) is 10. The first-order valence-electron chi connectivity index (χ1n) is 53.8. The molecule has 15 nitrogen and oxygen atoms in total. The molecule has 0 saturated carbocycles. The minimum Gasteiger partial charge on any atom is -0.437 e. The van der Waals surface area contributed by atoms with Gasteiger partial charge in [-0.1, -0.05) is 192 Å². The Kier molecular flexibility index (Phi) is 26.3. The monoisotopic (exact) mass is 1860 g/mol.